The van der Waals surface area contributed by atoms with Crippen LogP contribution in [0.25, 0.3) is 0 Å². The van der Waals surface area contributed by atoms with E-state index in [1.54, 1.807) is 14.2 Å². The molecular weight excluding hydrogens is 330 g/mol. The van der Waals surface area contributed by atoms with Crippen molar-refractivity contribution < 1.29 is 14.3 Å². The average Bonchev–Trinajstić information content (AvgIpc) is 2.69. The van der Waals surface area contributed by atoms with Crippen molar-refractivity contribution in [3.63, 3.8) is 0 Å². The van der Waals surface area contributed by atoms with E-state index < -0.39 is 0 Å². The minimum atomic E-state index is -0.0875. The van der Waals surface area contributed by atoms with Gasteiger partial charge in [0.2, 0.25) is 0 Å². The fourth-order valence-corrected chi connectivity index (χ4v) is 3.08. The highest BCUT2D eigenvalue weighted by molar-refractivity contribution is 5.91. The molecule has 2 aromatic carbocycles. The van der Waals surface area contributed by atoms with E-state index in [0.29, 0.717) is 24.5 Å². The first-order chi connectivity index (χ1) is 12.7. The Kier molecular flexibility index (Phi) is 5.96. The zero-order valence-electron chi connectivity index (χ0n) is 15.3. The first-order valence-corrected chi connectivity index (χ1v) is 8.74. The summed E-state index contributed by atoms with van der Waals surface area (Å²) in [4.78, 5) is 16.7. The second-order valence-electron chi connectivity index (χ2n) is 6.25. The quantitative estimate of drug-likeness (QED) is 0.896. The Bertz CT molecular complexity index is 743. The van der Waals surface area contributed by atoms with Crippen LogP contribution in [-0.4, -0.2) is 56.2 Å². The lowest BCUT2D eigenvalue weighted by atomic mass is 10.2. The van der Waals surface area contributed by atoms with Gasteiger partial charge in [-0.15, -0.1) is 0 Å². The Morgan fingerprint density at radius 1 is 1.00 bits per heavy atom. The van der Waals surface area contributed by atoms with Gasteiger partial charge in [0.1, 0.15) is 11.5 Å². The van der Waals surface area contributed by atoms with E-state index >= 15 is 0 Å². The molecule has 0 bridgehead atoms. The number of ether oxygens (including phenoxy) is 2. The van der Waals surface area contributed by atoms with Crippen molar-refractivity contribution in [2.45, 2.75) is 6.54 Å². The smallest absolute Gasteiger partial charge is 0.322 e. The normalized spacial score (nSPS) is 14.8. The van der Waals surface area contributed by atoms with Crippen molar-refractivity contribution in [2.75, 3.05) is 45.7 Å². The summed E-state index contributed by atoms with van der Waals surface area (Å²) < 4.78 is 10.6. The molecule has 6 nitrogen and oxygen atoms in total. The molecule has 1 aliphatic rings. The Morgan fingerprint density at radius 2 is 1.77 bits per heavy atom. The van der Waals surface area contributed by atoms with Crippen LogP contribution in [0.1, 0.15) is 5.56 Å². The van der Waals surface area contributed by atoms with Crippen LogP contribution in [0.2, 0.25) is 0 Å². The lowest BCUT2D eigenvalue weighted by Gasteiger charge is -2.34. The molecule has 1 fully saturated rings. The third kappa shape index (κ3) is 4.46. The number of hydrogen-bond acceptors (Lipinski definition) is 4. The summed E-state index contributed by atoms with van der Waals surface area (Å²) in [7, 11) is 3.28. The number of carbonyl (C=O) groups is 1. The number of rotatable bonds is 5. The van der Waals surface area contributed by atoms with E-state index in [9.17, 15) is 4.79 Å². The van der Waals surface area contributed by atoms with E-state index in [4.69, 9.17) is 9.47 Å². The SMILES string of the molecule is COc1cccc(CN2CCN(C(=O)Nc3ccccc3OC)CC2)c1. The van der Waals surface area contributed by atoms with Crippen molar-refractivity contribution in [1.82, 2.24) is 9.80 Å². The van der Waals surface area contributed by atoms with Gasteiger partial charge >= 0.3 is 6.03 Å². The number of carbonyl (C=O) groups excluding carboxylic acids is 1. The van der Waals surface area contributed by atoms with Crippen molar-refractivity contribution in [3.05, 3.63) is 54.1 Å². The minimum absolute atomic E-state index is 0.0875. The molecule has 1 heterocycles. The number of hydrogen-bond donors (Lipinski definition) is 1. The van der Waals surface area contributed by atoms with Gasteiger partial charge in [-0.05, 0) is 29.8 Å². The molecule has 3 rings (SSSR count). The number of nitrogens with one attached hydrogen (secondary N) is 1. The van der Waals surface area contributed by atoms with Crippen LogP contribution < -0.4 is 14.8 Å². The molecule has 0 radical (unpaired) electrons. The number of para-hydroxylation sites is 2. The Morgan fingerprint density at radius 3 is 2.50 bits per heavy atom. The number of methoxy groups -OCH3 is 2. The third-order valence-corrected chi connectivity index (χ3v) is 4.55. The molecule has 0 spiro atoms. The molecule has 0 aromatic heterocycles. The van der Waals surface area contributed by atoms with Gasteiger partial charge in [-0.2, -0.15) is 0 Å². The van der Waals surface area contributed by atoms with E-state index in [0.717, 1.165) is 25.4 Å². The molecule has 0 unspecified atom stereocenters. The second-order valence-corrected chi connectivity index (χ2v) is 6.25. The third-order valence-electron chi connectivity index (χ3n) is 4.55. The van der Waals surface area contributed by atoms with Gasteiger partial charge in [0.05, 0.1) is 19.9 Å². The van der Waals surface area contributed by atoms with Crippen molar-refractivity contribution in [1.29, 1.82) is 0 Å². The summed E-state index contributed by atoms with van der Waals surface area (Å²) in [5.74, 6) is 1.54. The molecule has 0 atom stereocenters. The molecule has 0 saturated carbocycles. The van der Waals surface area contributed by atoms with Crippen LogP contribution in [0.5, 0.6) is 11.5 Å². The highest BCUT2D eigenvalue weighted by Gasteiger charge is 2.21. The number of urea groups is 1. The summed E-state index contributed by atoms with van der Waals surface area (Å²) >= 11 is 0. The lowest BCUT2D eigenvalue weighted by Crippen LogP contribution is -2.49. The van der Waals surface area contributed by atoms with Crippen LogP contribution in [0, 0.1) is 0 Å². The molecule has 138 valence electrons. The zero-order chi connectivity index (χ0) is 18.4. The van der Waals surface area contributed by atoms with Gasteiger partial charge in [0.15, 0.2) is 0 Å². The Labute approximate surface area is 154 Å². The monoisotopic (exact) mass is 355 g/mol. The molecule has 1 N–H and O–H groups in total. The van der Waals surface area contributed by atoms with Crippen LogP contribution in [0.3, 0.4) is 0 Å². The van der Waals surface area contributed by atoms with Crippen molar-refractivity contribution in [2.24, 2.45) is 0 Å². The van der Waals surface area contributed by atoms with E-state index in [-0.39, 0.29) is 6.03 Å². The van der Waals surface area contributed by atoms with E-state index in [2.05, 4.69) is 22.3 Å². The largest absolute Gasteiger partial charge is 0.497 e. The number of nitrogens with zero attached hydrogens (tertiary/aromatic N) is 2. The van der Waals surface area contributed by atoms with E-state index in [1.165, 1.54) is 5.56 Å². The number of benzene rings is 2. The summed E-state index contributed by atoms with van der Waals surface area (Å²) in [5, 5.41) is 2.94. The average molecular weight is 355 g/mol. The maximum Gasteiger partial charge on any atom is 0.322 e. The summed E-state index contributed by atoms with van der Waals surface area (Å²) in [5.41, 5.74) is 1.91. The van der Waals surface area contributed by atoms with Crippen LogP contribution in [0.15, 0.2) is 48.5 Å². The standard InChI is InChI=1S/C20H25N3O3/c1-25-17-7-5-6-16(14-17)15-22-10-12-23(13-11-22)20(24)21-18-8-3-4-9-19(18)26-2/h3-9,14H,10-13,15H2,1-2H3,(H,21,24). The molecule has 1 aliphatic heterocycles. The van der Waals surface area contributed by atoms with Gasteiger partial charge in [-0.25, -0.2) is 4.79 Å². The molecule has 1 saturated heterocycles. The van der Waals surface area contributed by atoms with Crippen LogP contribution >= 0.6 is 0 Å². The van der Waals surface area contributed by atoms with Gasteiger partial charge in [-0.3, -0.25) is 4.90 Å². The first-order valence-electron chi connectivity index (χ1n) is 8.74. The molecular formula is C20H25N3O3. The van der Waals surface area contributed by atoms with Gasteiger partial charge in [-0.1, -0.05) is 24.3 Å². The maximum atomic E-state index is 12.5. The highest BCUT2D eigenvalue weighted by atomic mass is 16.5. The Balaban J connectivity index is 1.52. The van der Waals surface area contributed by atoms with Gasteiger partial charge in [0, 0.05) is 32.7 Å². The number of anilines is 1. The summed E-state index contributed by atoms with van der Waals surface area (Å²) in [6.45, 7) is 3.95. The topological polar surface area (TPSA) is 54.0 Å². The summed E-state index contributed by atoms with van der Waals surface area (Å²) in [6.07, 6.45) is 0. The fourth-order valence-electron chi connectivity index (χ4n) is 3.08. The molecule has 2 aromatic rings. The summed E-state index contributed by atoms with van der Waals surface area (Å²) in [6, 6.07) is 15.5. The molecule has 6 heteroatoms. The predicted octanol–water partition coefficient (Wildman–Crippen LogP) is 3.05. The first kappa shape index (κ1) is 18.1. The predicted molar refractivity (Wildman–Crippen MR) is 102 cm³/mol. The van der Waals surface area contributed by atoms with Crippen LogP contribution in [-0.2, 0) is 6.54 Å². The second kappa shape index (κ2) is 8.58. The lowest BCUT2D eigenvalue weighted by molar-refractivity contribution is 0.143. The number of piperazine rings is 1. The molecule has 0 aliphatic carbocycles. The Hall–Kier alpha value is -2.73. The number of amides is 2. The van der Waals surface area contributed by atoms with E-state index in [1.807, 2.05) is 41.3 Å². The maximum absolute atomic E-state index is 12.5. The van der Waals surface area contributed by atoms with Gasteiger partial charge in [0.25, 0.3) is 0 Å². The molecule has 26 heavy (non-hydrogen) atoms. The zero-order valence-corrected chi connectivity index (χ0v) is 15.3. The van der Waals surface area contributed by atoms with Crippen molar-refractivity contribution >= 4 is 11.7 Å². The van der Waals surface area contributed by atoms with Gasteiger partial charge < -0.3 is 19.7 Å². The van der Waals surface area contributed by atoms with Crippen LogP contribution in [0.4, 0.5) is 10.5 Å². The van der Waals surface area contributed by atoms with Crippen molar-refractivity contribution in [3.8, 4) is 11.5 Å². The highest BCUT2D eigenvalue weighted by Crippen LogP contribution is 2.23. The fraction of sp³-hybridized carbons (Fsp3) is 0.350. The minimum Gasteiger partial charge on any atom is -0.497 e. The molecule has 2 amide bonds.